The minimum Gasteiger partial charge on any atom is -0.465 e. The molecule has 1 fully saturated rings. The standard InChI is InChI=1S/C12H16O2/c1-9(2)10-5-3-4-6-11(10)14-12-7-8-13-12/h3-6,9,12H,7-8H2,1-2H3. The Balaban J connectivity index is 2.13. The van der Waals surface area contributed by atoms with Gasteiger partial charge in [0.05, 0.1) is 6.61 Å². The van der Waals surface area contributed by atoms with E-state index < -0.39 is 0 Å². The van der Waals surface area contributed by atoms with Crippen LogP contribution in [-0.4, -0.2) is 12.9 Å². The zero-order valence-corrected chi connectivity index (χ0v) is 8.69. The largest absolute Gasteiger partial charge is 0.465 e. The summed E-state index contributed by atoms with van der Waals surface area (Å²) >= 11 is 0. The minimum absolute atomic E-state index is 0.0186. The van der Waals surface area contributed by atoms with Crippen LogP contribution in [0.2, 0.25) is 0 Å². The molecule has 76 valence electrons. The summed E-state index contributed by atoms with van der Waals surface area (Å²) in [6.07, 6.45) is 0.988. The Kier molecular flexibility index (Phi) is 2.73. The molecule has 1 aromatic carbocycles. The zero-order chi connectivity index (χ0) is 9.97. The second kappa shape index (κ2) is 4.01. The molecule has 1 heterocycles. The molecule has 0 N–H and O–H groups in total. The first-order chi connectivity index (χ1) is 6.77. The third-order valence-electron chi connectivity index (χ3n) is 2.46. The third kappa shape index (κ3) is 1.90. The molecular weight excluding hydrogens is 176 g/mol. The first-order valence-corrected chi connectivity index (χ1v) is 5.14. The van der Waals surface area contributed by atoms with E-state index in [-0.39, 0.29) is 6.29 Å². The van der Waals surface area contributed by atoms with Gasteiger partial charge in [-0.2, -0.15) is 0 Å². The topological polar surface area (TPSA) is 18.5 Å². The third-order valence-corrected chi connectivity index (χ3v) is 2.46. The average Bonchev–Trinajstić information content (AvgIpc) is 2.12. The van der Waals surface area contributed by atoms with Crippen LogP contribution in [0.25, 0.3) is 0 Å². The number of benzene rings is 1. The maximum absolute atomic E-state index is 5.72. The molecule has 14 heavy (non-hydrogen) atoms. The van der Waals surface area contributed by atoms with Crippen LogP contribution in [0.3, 0.4) is 0 Å². The molecule has 2 nitrogen and oxygen atoms in total. The quantitative estimate of drug-likeness (QED) is 0.733. The van der Waals surface area contributed by atoms with E-state index in [1.807, 2.05) is 18.2 Å². The normalized spacial score (nSPS) is 20.6. The highest BCUT2D eigenvalue weighted by atomic mass is 16.7. The maximum atomic E-state index is 5.72. The Bertz CT molecular complexity index is 303. The summed E-state index contributed by atoms with van der Waals surface area (Å²) in [7, 11) is 0. The monoisotopic (exact) mass is 192 g/mol. The fourth-order valence-corrected chi connectivity index (χ4v) is 1.51. The van der Waals surface area contributed by atoms with Crippen molar-refractivity contribution in [2.45, 2.75) is 32.5 Å². The molecule has 2 rings (SSSR count). The molecule has 2 heteroatoms. The van der Waals surface area contributed by atoms with Crippen LogP contribution in [0.5, 0.6) is 5.75 Å². The molecule has 0 saturated carbocycles. The van der Waals surface area contributed by atoms with Crippen LogP contribution in [-0.2, 0) is 4.74 Å². The number of para-hydroxylation sites is 1. The van der Waals surface area contributed by atoms with E-state index >= 15 is 0 Å². The van der Waals surface area contributed by atoms with E-state index in [1.54, 1.807) is 0 Å². The van der Waals surface area contributed by atoms with E-state index in [0.29, 0.717) is 5.92 Å². The van der Waals surface area contributed by atoms with E-state index in [9.17, 15) is 0 Å². The molecule has 0 aromatic heterocycles. The molecule has 1 atom stereocenters. The van der Waals surface area contributed by atoms with Crippen molar-refractivity contribution in [3.63, 3.8) is 0 Å². The molecule has 1 saturated heterocycles. The van der Waals surface area contributed by atoms with Crippen molar-refractivity contribution in [1.82, 2.24) is 0 Å². The molecule has 1 aliphatic heterocycles. The lowest BCUT2D eigenvalue weighted by Crippen LogP contribution is -2.32. The summed E-state index contributed by atoms with van der Waals surface area (Å²) in [4.78, 5) is 0. The first kappa shape index (κ1) is 9.53. The van der Waals surface area contributed by atoms with E-state index in [2.05, 4.69) is 19.9 Å². The molecule has 0 radical (unpaired) electrons. The van der Waals surface area contributed by atoms with Gasteiger partial charge in [-0.3, -0.25) is 0 Å². The van der Waals surface area contributed by atoms with Gasteiger partial charge in [-0.1, -0.05) is 32.0 Å². The van der Waals surface area contributed by atoms with Gasteiger partial charge >= 0.3 is 0 Å². The summed E-state index contributed by atoms with van der Waals surface area (Å²) in [6, 6.07) is 8.17. The van der Waals surface area contributed by atoms with Gasteiger partial charge < -0.3 is 9.47 Å². The average molecular weight is 192 g/mol. The van der Waals surface area contributed by atoms with Gasteiger partial charge in [0.25, 0.3) is 0 Å². The molecule has 1 aliphatic rings. The highest BCUT2D eigenvalue weighted by molar-refractivity contribution is 5.35. The maximum Gasteiger partial charge on any atom is 0.202 e. The van der Waals surface area contributed by atoms with Gasteiger partial charge in [-0.05, 0) is 17.5 Å². The predicted molar refractivity (Wildman–Crippen MR) is 55.5 cm³/mol. The van der Waals surface area contributed by atoms with Crippen LogP contribution >= 0.6 is 0 Å². The molecule has 0 bridgehead atoms. The van der Waals surface area contributed by atoms with Crippen LogP contribution in [0.15, 0.2) is 24.3 Å². The fraction of sp³-hybridized carbons (Fsp3) is 0.500. The lowest BCUT2D eigenvalue weighted by atomic mass is 10.0. The number of hydrogen-bond donors (Lipinski definition) is 0. The molecule has 1 unspecified atom stereocenters. The summed E-state index contributed by atoms with van der Waals surface area (Å²) in [6.45, 7) is 5.17. The van der Waals surface area contributed by atoms with Crippen molar-refractivity contribution in [3.05, 3.63) is 29.8 Å². The van der Waals surface area contributed by atoms with Crippen LogP contribution in [0.1, 0.15) is 31.7 Å². The van der Waals surface area contributed by atoms with Crippen molar-refractivity contribution in [2.24, 2.45) is 0 Å². The highest BCUT2D eigenvalue weighted by Crippen LogP contribution is 2.28. The molecule has 0 aliphatic carbocycles. The Morgan fingerprint density at radius 3 is 2.64 bits per heavy atom. The number of ether oxygens (including phenoxy) is 2. The summed E-state index contributed by atoms with van der Waals surface area (Å²) in [5, 5.41) is 0. The molecule has 0 spiro atoms. The van der Waals surface area contributed by atoms with Crippen LogP contribution in [0, 0.1) is 0 Å². The van der Waals surface area contributed by atoms with Gasteiger partial charge in [0.15, 0.2) is 0 Å². The lowest BCUT2D eigenvalue weighted by molar-refractivity contribution is -0.165. The van der Waals surface area contributed by atoms with Crippen LogP contribution in [0.4, 0.5) is 0 Å². The highest BCUT2D eigenvalue weighted by Gasteiger charge is 2.21. The zero-order valence-electron chi connectivity index (χ0n) is 8.69. The predicted octanol–water partition coefficient (Wildman–Crippen LogP) is 2.94. The fourth-order valence-electron chi connectivity index (χ4n) is 1.51. The Labute approximate surface area is 84.8 Å². The van der Waals surface area contributed by atoms with Crippen molar-refractivity contribution in [1.29, 1.82) is 0 Å². The van der Waals surface area contributed by atoms with Crippen LogP contribution < -0.4 is 4.74 Å². The van der Waals surface area contributed by atoms with E-state index in [4.69, 9.17) is 9.47 Å². The second-order valence-electron chi connectivity index (χ2n) is 3.90. The summed E-state index contributed by atoms with van der Waals surface area (Å²) in [5.41, 5.74) is 1.25. The Morgan fingerprint density at radius 1 is 1.36 bits per heavy atom. The van der Waals surface area contributed by atoms with E-state index in [0.717, 1.165) is 18.8 Å². The van der Waals surface area contributed by atoms with Gasteiger partial charge in [0.1, 0.15) is 5.75 Å². The molecule has 0 amide bonds. The van der Waals surface area contributed by atoms with Crippen molar-refractivity contribution in [2.75, 3.05) is 6.61 Å². The molecular formula is C12H16O2. The van der Waals surface area contributed by atoms with Crippen molar-refractivity contribution < 1.29 is 9.47 Å². The van der Waals surface area contributed by atoms with E-state index in [1.165, 1.54) is 5.56 Å². The SMILES string of the molecule is CC(C)c1ccccc1OC1CCO1. The summed E-state index contributed by atoms with van der Waals surface area (Å²) in [5.74, 6) is 1.46. The first-order valence-electron chi connectivity index (χ1n) is 5.14. The number of rotatable bonds is 3. The minimum atomic E-state index is -0.0186. The smallest absolute Gasteiger partial charge is 0.202 e. The Morgan fingerprint density at radius 2 is 2.07 bits per heavy atom. The van der Waals surface area contributed by atoms with Crippen molar-refractivity contribution >= 4 is 0 Å². The lowest BCUT2D eigenvalue weighted by Gasteiger charge is -2.28. The number of hydrogen-bond acceptors (Lipinski definition) is 2. The molecule has 1 aromatic rings. The summed E-state index contributed by atoms with van der Waals surface area (Å²) < 4.78 is 11.0. The second-order valence-corrected chi connectivity index (χ2v) is 3.90. The van der Waals surface area contributed by atoms with Gasteiger partial charge in [0.2, 0.25) is 6.29 Å². The van der Waals surface area contributed by atoms with Gasteiger partial charge in [-0.25, -0.2) is 0 Å². The Hall–Kier alpha value is -1.02. The van der Waals surface area contributed by atoms with Crippen molar-refractivity contribution in [3.8, 4) is 5.75 Å². The van der Waals surface area contributed by atoms with Gasteiger partial charge in [-0.15, -0.1) is 0 Å². The van der Waals surface area contributed by atoms with Gasteiger partial charge in [0, 0.05) is 6.42 Å².